The van der Waals surface area contributed by atoms with Crippen LogP contribution < -0.4 is 5.73 Å². The molecule has 0 aromatic carbocycles. The summed E-state index contributed by atoms with van der Waals surface area (Å²) < 4.78 is 0. The fourth-order valence-corrected chi connectivity index (χ4v) is 1.23. The molecule has 1 aromatic heterocycles. The molecule has 0 saturated heterocycles. The number of hydrogen-bond acceptors (Lipinski definition) is 3. The van der Waals surface area contributed by atoms with Crippen molar-refractivity contribution in [2.75, 3.05) is 5.73 Å². The Morgan fingerprint density at radius 1 is 1.67 bits per heavy atom. The van der Waals surface area contributed by atoms with Crippen LogP contribution in [-0.4, -0.2) is 4.92 Å². The largest absolute Gasteiger partial charge is 0.396 e. The molecular weight excluding hydrogens is 139 g/mol. The minimum absolute atomic E-state index is 0.0548. The van der Waals surface area contributed by atoms with E-state index in [2.05, 4.69) is 0 Å². The Balaban J connectivity index is 2.98. The van der Waals surface area contributed by atoms with Gasteiger partial charge in [-0.2, -0.15) is 0 Å². The van der Waals surface area contributed by atoms with E-state index in [1.807, 2.05) is 0 Å². The van der Waals surface area contributed by atoms with Crippen LogP contribution in [0.15, 0.2) is 12.1 Å². The van der Waals surface area contributed by atoms with Crippen molar-refractivity contribution in [2.24, 2.45) is 0 Å². The molecule has 1 unspecified atom stereocenters. The second-order valence-corrected chi connectivity index (χ2v) is 2.90. The Bertz CT molecular complexity index is 232. The molecule has 1 heterocycles. The van der Waals surface area contributed by atoms with Crippen molar-refractivity contribution in [1.82, 2.24) is 0 Å². The third-order valence-corrected chi connectivity index (χ3v) is 1.95. The Labute approximate surface area is 52.9 Å². The van der Waals surface area contributed by atoms with Gasteiger partial charge < -0.3 is 5.73 Å². The molecule has 1 aromatic rings. The Morgan fingerprint density at radius 2 is 2.33 bits per heavy atom. The summed E-state index contributed by atoms with van der Waals surface area (Å²) in [5.41, 5.74) is 6.07. The highest BCUT2D eigenvalue weighted by molar-refractivity contribution is 7.38. The predicted molar refractivity (Wildman–Crippen MR) is 37.0 cm³/mol. The van der Waals surface area contributed by atoms with Gasteiger partial charge in [0.2, 0.25) is 0 Å². The topological polar surface area (TPSA) is 69.2 Å². The van der Waals surface area contributed by atoms with Crippen molar-refractivity contribution in [3.8, 4) is 0 Å². The maximum absolute atomic E-state index is 10.0. The van der Waals surface area contributed by atoms with E-state index in [-0.39, 0.29) is 13.6 Å². The molecule has 48 valence electrons. The van der Waals surface area contributed by atoms with E-state index in [0.29, 0.717) is 5.42 Å². The van der Waals surface area contributed by atoms with E-state index >= 15 is 0 Å². The molecule has 0 aliphatic heterocycles. The highest BCUT2D eigenvalue weighted by Crippen LogP contribution is 2.31. The number of rotatable bonds is 1. The normalized spacial score (nSPS) is 10.2. The standard InChI is InChI=1S/C4H5N2O2P/c5-3-1-2-4(9-3)6(7)8/h1-2,9H,5H2. The maximum atomic E-state index is 10.0. The zero-order chi connectivity index (χ0) is 6.85. The monoisotopic (exact) mass is 144 g/mol. The first-order valence-electron chi connectivity index (χ1n) is 2.29. The van der Waals surface area contributed by atoms with Crippen LogP contribution >= 0.6 is 8.19 Å². The van der Waals surface area contributed by atoms with Crippen molar-refractivity contribution in [3.05, 3.63) is 22.2 Å². The number of hydrogen-bond donors (Lipinski definition) is 1. The summed E-state index contributed by atoms with van der Waals surface area (Å²) in [6, 6.07) is 3.00. The van der Waals surface area contributed by atoms with Crippen molar-refractivity contribution in [1.29, 1.82) is 0 Å². The average Bonchev–Trinajstić information content (AvgIpc) is 2.14. The van der Waals surface area contributed by atoms with Gasteiger partial charge in [0.1, 0.15) is 0 Å². The van der Waals surface area contributed by atoms with Crippen LogP contribution in [-0.2, 0) is 0 Å². The zero-order valence-corrected chi connectivity index (χ0v) is 5.50. The molecule has 4 nitrogen and oxygen atoms in total. The van der Waals surface area contributed by atoms with Gasteiger partial charge in [-0.25, -0.2) is 0 Å². The Hall–Kier alpha value is -1.02. The number of nitrogens with two attached hydrogens (primary N) is 1. The number of nitro groups is 1. The highest BCUT2D eigenvalue weighted by Gasteiger charge is 2.04. The molecule has 0 radical (unpaired) electrons. The minimum atomic E-state index is -0.408. The van der Waals surface area contributed by atoms with E-state index in [1.165, 1.54) is 6.07 Å². The molecule has 9 heavy (non-hydrogen) atoms. The Kier molecular flexibility index (Phi) is 1.40. The van der Waals surface area contributed by atoms with E-state index < -0.39 is 4.92 Å². The molecule has 0 aliphatic rings. The van der Waals surface area contributed by atoms with Gasteiger partial charge in [-0.3, -0.25) is 10.1 Å². The molecule has 1 atom stereocenters. The third kappa shape index (κ3) is 1.21. The minimum Gasteiger partial charge on any atom is -0.396 e. The van der Waals surface area contributed by atoms with Crippen LogP contribution in [0.25, 0.3) is 0 Å². The first-order valence-corrected chi connectivity index (χ1v) is 3.29. The summed E-state index contributed by atoms with van der Waals surface area (Å²) in [6.07, 6.45) is 0. The molecule has 0 saturated carbocycles. The number of nitrogen functional groups attached to an aromatic ring is 1. The second-order valence-electron chi connectivity index (χ2n) is 1.56. The van der Waals surface area contributed by atoms with Crippen molar-refractivity contribution in [2.45, 2.75) is 0 Å². The molecular formula is C4H5N2O2P. The van der Waals surface area contributed by atoms with Gasteiger partial charge in [0.05, 0.1) is 10.3 Å². The van der Waals surface area contributed by atoms with Crippen molar-refractivity contribution >= 4 is 19.0 Å². The quantitative estimate of drug-likeness (QED) is 0.475. The summed E-state index contributed by atoms with van der Waals surface area (Å²) in [4.78, 5) is 9.59. The van der Waals surface area contributed by atoms with Gasteiger partial charge in [0.15, 0.2) is 0 Å². The maximum Gasteiger partial charge on any atom is 0.284 e. The predicted octanol–water partition coefficient (Wildman–Crippen LogP) is 1.21. The van der Waals surface area contributed by atoms with Gasteiger partial charge in [0.25, 0.3) is 5.42 Å². The van der Waals surface area contributed by atoms with Crippen molar-refractivity contribution in [3.63, 3.8) is 0 Å². The Morgan fingerprint density at radius 3 is 2.56 bits per heavy atom. The SMILES string of the molecule is Nc1ccc([N+](=O)[O-])[pH]1. The summed E-state index contributed by atoms with van der Waals surface area (Å²) in [5, 5.41) is 10.0. The first-order chi connectivity index (χ1) is 4.20. The summed E-state index contributed by atoms with van der Waals surface area (Å²) in [6.45, 7) is 0. The summed E-state index contributed by atoms with van der Waals surface area (Å²) >= 11 is 0. The number of anilines is 1. The van der Waals surface area contributed by atoms with E-state index in [9.17, 15) is 10.1 Å². The fourth-order valence-electron chi connectivity index (χ4n) is 0.506. The highest BCUT2D eigenvalue weighted by atomic mass is 31.0. The van der Waals surface area contributed by atoms with Crippen molar-refractivity contribution < 1.29 is 4.92 Å². The van der Waals surface area contributed by atoms with Gasteiger partial charge in [-0.15, -0.1) is 0 Å². The molecule has 1 rings (SSSR count). The van der Waals surface area contributed by atoms with Crippen LogP contribution in [0, 0.1) is 10.1 Å². The summed E-state index contributed by atoms with van der Waals surface area (Å²) in [7, 11) is 0.0548. The molecule has 0 amide bonds. The molecule has 5 heteroatoms. The lowest BCUT2D eigenvalue weighted by molar-refractivity contribution is -0.380. The lowest BCUT2D eigenvalue weighted by Gasteiger charge is -1.79. The van der Waals surface area contributed by atoms with E-state index in [0.717, 1.165) is 0 Å². The fraction of sp³-hybridized carbons (Fsp3) is 0. The van der Waals surface area contributed by atoms with Gasteiger partial charge in [0, 0.05) is 6.07 Å². The van der Waals surface area contributed by atoms with E-state index in [1.54, 1.807) is 6.07 Å². The second kappa shape index (κ2) is 2.07. The van der Waals surface area contributed by atoms with Crippen LogP contribution in [0.5, 0.6) is 0 Å². The van der Waals surface area contributed by atoms with Gasteiger partial charge >= 0.3 is 0 Å². The molecule has 0 aliphatic carbocycles. The lowest BCUT2D eigenvalue weighted by atomic mass is 10.6. The molecule has 0 bridgehead atoms. The van der Waals surface area contributed by atoms with Crippen LogP contribution in [0.4, 0.5) is 10.8 Å². The van der Waals surface area contributed by atoms with Crippen LogP contribution in [0.3, 0.4) is 0 Å². The smallest absolute Gasteiger partial charge is 0.284 e. The number of nitrogens with zero attached hydrogens (tertiary/aromatic N) is 1. The molecule has 2 N–H and O–H groups in total. The van der Waals surface area contributed by atoms with E-state index in [4.69, 9.17) is 5.73 Å². The average molecular weight is 144 g/mol. The zero-order valence-electron chi connectivity index (χ0n) is 4.50. The first kappa shape index (κ1) is 6.11. The van der Waals surface area contributed by atoms with Crippen LogP contribution in [0.2, 0.25) is 0 Å². The van der Waals surface area contributed by atoms with Crippen LogP contribution in [0.1, 0.15) is 0 Å². The molecule has 0 spiro atoms. The van der Waals surface area contributed by atoms with Gasteiger partial charge in [-0.05, 0) is 14.3 Å². The summed E-state index contributed by atoms with van der Waals surface area (Å²) in [5.74, 6) is 0. The van der Waals surface area contributed by atoms with Gasteiger partial charge in [-0.1, -0.05) is 0 Å². The molecule has 0 fully saturated rings. The third-order valence-electron chi connectivity index (χ3n) is 0.890. The lowest BCUT2D eigenvalue weighted by Crippen LogP contribution is -1.79.